The van der Waals surface area contributed by atoms with Crippen LogP contribution in [0.2, 0.25) is 0 Å². The highest BCUT2D eigenvalue weighted by Crippen LogP contribution is 2.25. The smallest absolute Gasteiger partial charge is 0.150 e. The van der Waals surface area contributed by atoms with E-state index in [1.165, 1.54) is 0 Å². The number of benzene rings is 2. The van der Waals surface area contributed by atoms with Gasteiger partial charge in [0, 0.05) is 11.3 Å². The first-order chi connectivity index (χ1) is 9.13. The average Bonchev–Trinajstić information content (AvgIpc) is 2.42. The van der Waals surface area contributed by atoms with E-state index in [2.05, 4.69) is 11.2 Å². The number of nitriles is 1. The largest absolute Gasteiger partial charge is 0.351 e. The lowest BCUT2D eigenvalue weighted by molar-refractivity contribution is 0.590. The Labute approximate surface area is 109 Å². The molecule has 19 heavy (non-hydrogen) atoms. The van der Waals surface area contributed by atoms with Crippen molar-refractivity contribution in [1.82, 2.24) is 0 Å². The minimum absolute atomic E-state index is 0.0714. The van der Waals surface area contributed by atoms with E-state index in [9.17, 15) is 8.78 Å². The molecule has 1 N–H and O–H groups in total. The van der Waals surface area contributed by atoms with Crippen LogP contribution in [0.3, 0.4) is 0 Å². The van der Waals surface area contributed by atoms with Crippen molar-refractivity contribution >= 4 is 11.4 Å². The Kier molecular flexibility index (Phi) is 3.45. The van der Waals surface area contributed by atoms with Crippen molar-refractivity contribution in [3.8, 4) is 18.4 Å². The van der Waals surface area contributed by atoms with E-state index in [-0.39, 0.29) is 11.3 Å². The zero-order chi connectivity index (χ0) is 13.8. The molecule has 0 aliphatic rings. The predicted octanol–water partition coefficient (Wildman–Crippen LogP) is 3.56. The fourth-order valence-corrected chi connectivity index (χ4v) is 1.59. The van der Waals surface area contributed by atoms with E-state index in [1.54, 1.807) is 30.3 Å². The van der Waals surface area contributed by atoms with Gasteiger partial charge in [-0.15, -0.1) is 6.42 Å². The van der Waals surface area contributed by atoms with Gasteiger partial charge in [-0.25, -0.2) is 8.78 Å². The van der Waals surface area contributed by atoms with Gasteiger partial charge in [-0.2, -0.15) is 5.26 Å². The molecule has 0 bridgehead atoms. The van der Waals surface area contributed by atoms with Crippen LogP contribution in [0.15, 0.2) is 36.4 Å². The second-order valence-corrected chi connectivity index (χ2v) is 3.78. The maximum Gasteiger partial charge on any atom is 0.150 e. The van der Waals surface area contributed by atoms with Crippen molar-refractivity contribution in [2.75, 3.05) is 5.32 Å². The topological polar surface area (TPSA) is 35.8 Å². The van der Waals surface area contributed by atoms with E-state index in [0.717, 1.165) is 12.1 Å². The lowest BCUT2D eigenvalue weighted by atomic mass is 10.1. The van der Waals surface area contributed by atoms with Gasteiger partial charge >= 0.3 is 0 Å². The summed E-state index contributed by atoms with van der Waals surface area (Å²) in [5.74, 6) is 0.768. The van der Waals surface area contributed by atoms with Gasteiger partial charge in [0.25, 0.3) is 0 Å². The van der Waals surface area contributed by atoms with E-state index in [1.807, 2.05) is 0 Å². The summed E-state index contributed by atoms with van der Waals surface area (Å²) in [7, 11) is 0. The summed E-state index contributed by atoms with van der Waals surface area (Å²) >= 11 is 0. The van der Waals surface area contributed by atoms with Gasteiger partial charge < -0.3 is 5.32 Å². The third-order valence-electron chi connectivity index (χ3n) is 2.47. The fourth-order valence-electron chi connectivity index (χ4n) is 1.59. The van der Waals surface area contributed by atoms with Crippen molar-refractivity contribution < 1.29 is 8.78 Å². The van der Waals surface area contributed by atoms with Gasteiger partial charge in [0.05, 0.1) is 11.6 Å². The van der Waals surface area contributed by atoms with Crippen LogP contribution in [0.25, 0.3) is 0 Å². The van der Waals surface area contributed by atoms with Gasteiger partial charge in [0.1, 0.15) is 5.69 Å². The Balaban J connectivity index is 2.39. The number of anilines is 2. The molecule has 0 amide bonds. The summed E-state index contributed by atoms with van der Waals surface area (Å²) in [5.41, 5.74) is 0.684. The Morgan fingerprint density at radius 1 is 1.05 bits per heavy atom. The van der Waals surface area contributed by atoms with Crippen molar-refractivity contribution in [1.29, 1.82) is 5.26 Å². The molecule has 0 fully saturated rings. The summed E-state index contributed by atoms with van der Waals surface area (Å²) < 4.78 is 27.3. The molecule has 0 atom stereocenters. The molecule has 0 aliphatic heterocycles. The quantitative estimate of drug-likeness (QED) is 0.832. The monoisotopic (exact) mass is 254 g/mol. The minimum atomic E-state index is -0.831. The molecule has 4 heteroatoms. The lowest BCUT2D eigenvalue weighted by Crippen LogP contribution is -1.98. The zero-order valence-electron chi connectivity index (χ0n) is 9.74. The van der Waals surface area contributed by atoms with Crippen molar-refractivity contribution in [3.63, 3.8) is 0 Å². The minimum Gasteiger partial charge on any atom is -0.351 e. The third-order valence-corrected chi connectivity index (χ3v) is 2.47. The molecule has 92 valence electrons. The van der Waals surface area contributed by atoms with E-state index < -0.39 is 11.6 Å². The molecule has 0 unspecified atom stereocenters. The SMILES string of the molecule is C#Cc1cccc(Nc2c(F)cc(C#N)cc2F)c1. The van der Waals surface area contributed by atoms with Crippen LogP contribution in [-0.2, 0) is 0 Å². The highest BCUT2D eigenvalue weighted by molar-refractivity contribution is 5.63. The third kappa shape index (κ3) is 2.70. The lowest BCUT2D eigenvalue weighted by Gasteiger charge is -2.09. The molecule has 0 aliphatic carbocycles. The Morgan fingerprint density at radius 2 is 1.74 bits per heavy atom. The number of halogens is 2. The summed E-state index contributed by atoms with van der Waals surface area (Å²) in [6.45, 7) is 0. The molecular weight excluding hydrogens is 246 g/mol. The number of terminal acetylenes is 1. The zero-order valence-corrected chi connectivity index (χ0v) is 9.74. The van der Waals surface area contributed by atoms with Crippen LogP contribution >= 0.6 is 0 Å². The van der Waals surface area contributed by atoms with Crippen LogP contribution in [-0.4, -0.2) is 0 Å². The second kappa shape index (κ2) is 5.20. The van der Waals surface area contributed by atoms with Gasteiger partial charge in [-0.05, 0) is 30.3 Å². The molecule has 0 saturated carbocycles. The van der Waals surface area contributed by atoms with Crippen LogP contribution in [0, 0.1) is 35.3 Å². The van der Waals surface area contributed by atoms with Gasteiger partial charge in [-0.3, -0.25) is 0 Å². The number of nitrogens with one attached hydrogen (secondary N) is 1. The molecular formula is C15H8F2N2. The molecule has 0 radical (unpaired) electrons. The van der Waals surface area contributed by atoms with Crippen molar-refractivity contribution in [3.05, 3.63) is 59.2 Å². The normalized spacial score (nSPS) is 9.47. The molecule has 2 aromatic carbocycles. The van der Waals surface area contributed by atoms with Crippen molar-refractivity contribution in [2.24, 2.45) is 0 Å². The number of hydrogen-bond acceptors (Lipinski definition) is 2. The van der Waals surface area contributed by atoms with Crippen molar-refractivity contribution in [2.45, 2.75) is 0 Å². The van der Waals surface area contributed by atoms with Gasteiger partial charge in [0.15, 0.2) is 11.6 Å². The summed E-state index contributed by atoms with van der Waals surface area (Å²) in [5, 5.41) is 11.2. The molecule has 0 heterocycles. The summed E-state index contributed by atoms with van der Waals surface area (Å²) in [6, 6.07) is 10.2. The second-order valence-electron chi connectivity index (χ2n) is 3.78. The van der Waals surface area contributed by atoms with Crippen LogP contribution in [0.4, 0.5) is 20.2 Å². The standard InChI is InChI=1S/C15H8F2N2/c1-2-10-4-3-5-12(6-10)19-15-13(16)7-11(9-18)8-14(15)17/h1,3-8,19H. The first-order valence-electron chi connectivity index (χ1n) is 5.37. The van der Waals surface area contributed by atoms with Crippen LogP contribution in [0.1, 0.15) is 11.1 Å². The molecule has 0 aromatic heterocycles. The van der Waals surface area contributed by atoms with Crippen LogP contribution in [0.5, 0.6) is 0 Å². The highest BCUT2D eigenvalue weighted by Gasteiger charge is 2.11. The predicted molar refractivity (Wildman–Crippen MR) is 68.7 cm³/mol. The molecule has 2 nitrogen and oxygen atoms in total. The fraction of sp³-hybridized carbons (Fsp3) is 0. The summed E-state index contributed by atoms with van der Waals surface area (Å²) in [6.07, 6.45) is 5.25. The molecule has 2 rings (SSSR count). The van der Waals surface area contributed by atoms with E-state index >= 15 is 0 Å². The Morgan fingerprint density at radius 3 is 2.32 bits per heavy atom. The maximum atomic E-state index is 13.7. The van der Waals surface area contributed by atoms with Gasteiger partial charge in [-0.1, -0.05) is 12.0 Å². The first-order valence-corrected chi connectivity index (χ1v) is 5.37. The molecule has 0 spiro atoms. The van der Waals surface area contributed by atoms with Gasteiger partial charge in [0.2, 0.25) is 0 Å². The van der Waals surface area contributed by atoms with Crippen LogP contribution < -0.4 is 5.32 Å². The molecule has 0 saturated heterocycles. The number of rotatable bonds is 2. The molecule has 2 aromatic rings. The Hall–Kier alpha value is -2.85. The number of hydrogen-bond donors (Lipinski definition) is 1. The highest BCUT2D eigenvalue weighted by atomic mass is 19.1. The average molecular weight is 254 g/mol. The first kappa shape index (κ1) is 12.6. The summed E-state index contributed by atoms with van der Waals surface area (Å²) in [4.78, 5) is 0. The Bertz CT molecular complexity index is 686. The number of nitrogens with zero attached hydrogens (tertiary/aromatic N) is 1. The maximum absolute atomic E-state index is 13.7. The van der Waals surface area contributed by atoms with E-state index in [0.29, 0.717) is 11.3 Å². The van der Waals surface area contributed by atoms with E-state index in [4.69, 9.17) is 11.7 Å².